The van der Waals surface area contributed by atoms with Crippen LogP contribution in [-0.2, 0) is 16.1 Å². The van der Waals surface area contributed by atoms with E-state index in [2.05, 4.69) is 6.92 Å². The molecule has 0 bridgehead atoms. The van der Waals surface area contributed by atoms with Gasteiger partial charge in [-0.15, -0.1) is 0 Å². The molecule has 7 heteroatoms. The summed E-state index contributed by atoms with van der Waals surface area (Å²) in [5, 5.41) is 2.19. The Labute approximate surface area is 179 Å². The van der Waals surface area contributed by atoms with Gasteiger partial charge < -0.3 is 0 Å². The van der Waals surface area contributed by atoms with Crippen molar-refractivity contribution in [3.63, 3.8) is 0 Å². The van der Waals surface area contributed by atoms with E-state index in [9.17, 15) is 18.8 Å². The highest BCUT2D eigenvalue weighted by Crippen LogP contribution is 2.41. The zero-order valence-corrected chi connectivity index (χ0v) is 17.3. The first-order valence-corrected chi connectivity index (χ1v) is 10.4. The molecule has 156 valence electrons. The summed E-state index contributed by atoms with van der Waals surface area (Å²) in [6.07, 6.45) is 2.08. The van der Waals surface area contributed by atoms with Crippen molar-refractivity contribution < 1.29 is 18.8 Å². The third-order valence-corrected chi connectivity index (χ3v) is 6.35. The van der Waals surface area contributed by atoms with Crippen LogP contribution < -0.4 is 0 Å². The number of halogens is 2. The summed E-state index contributed by atoms with van der Waals surface area (Å²) in [4.78, 5) is 39.8. The van der Waals surface area contributed by atoms with Gasteiger partial charge in [-0.25, -0.2) is 9.40 Å². The van der Waals surface area contributed by atoms with Crippen LogP contribution in [0.3, 0.4) is 0 Å². The van der Waals surface area contributed by atoms with Gasteiger partial charge in [-0.3, -0.25) is 14.4 Å². The summed E-state index contributed by atoms with van der Waals surface area (Å²) in [7, 11) is 0. The predicted molar refractivity (Wildman–Crippen MR) is 110 cm³/mol. The van der Waals surface area contributed by atoms with Crippen LogP contribution in [0.4, 0.5) is 4.39 Å². The van der Waals surface area contributed by atoms with Gasteiger partial charge in [0.2, 0.25) is 0 Å². The first-order valence-electron chi connectivity index (χ1n) is 10.1. The maximum atomic E-state index is 14.4. The van der Waals surface area contributed by atoms with E-state index in [1.807, 2.05) is 0 Å². The standard InChI is InChI=1S/C23H22ClFN2O3/c1-14-10-11-16-18(12-14)23(30)27(22(16)29)26(13-15-6-2-5-9-20(15)25)21(28)17-7-3-4-8-19(17)24/h2-9,14,16,18H,10-13H2,1H3/t14-,16+,18-/m1/s1. The number of carbonyl (C=O) groups is 3. The molecule has 0 aromatic heterocycles. The van der Waals surface area contributed by atoms with Crippen LogP contribution in [-0.4, -0.2) is 27.7 Å². The van der Waals surface area contributed by atoms with Crippen LogP contribution in [0.1, 0.15) is 42.1 Å². The Kier molecular flexibility index (Phi) is 5.60. The Morgan fingerprint density at radius 1 is 1.07 bits per heavy atom. The molecule has 0 N–H and O–H groups in total. The lowest BCUT2D eigenvalue weighted by molar-refractivity contribution is -0.155. The average molecular weight is 429 g/mol. The number of nitrogens with zero attached hydrogens (tertiary/aromatic N) is 2. The second-order valence-corrected chi connectivity index (χ2v) is 8.46. The van der Waals surface area contributed by atoms with Crippen molar-refractivity contribution in [1.29, 1.82) is 0 Å². The van der Waals surface area contributed by atoms with Gasteiger partial charge in [-0.1, -0.05) is 48.9 Å². The van der Waals surface area contributed by atoms with E-state index in [0.717, 1.165) is 16.4 Å². The molecule has 5 nitrogen and oxygen atoms in total. The summed E-state index contributed by atoms with van der Waals surface area (Å²) >= 11 is 6.21. The van der Waals surface area contributed by atoms with Crippen molar-refractivity contribution in [2.75, 3.05) is 0 Å². The first-order chi connectivity index (χ1) is 14.4. The maximum absolute atomic E-state index is 14.4. The van der Waals surface area contributed by atoms with E-state index >= 15 is 0 Å². The number of rotatable bonds is 4. The number of carbonyl (C=O) groups excluding carboxylic acids is 3. The molecule has 1 heterocycles. The Hall–Kier alpha value is -2.73. The molecule has 1 saturated heterocycles. The molecule has 0 unspecified atom stereocenters. The van der Waals surface area contributed by atoms with E-state index in [0.29, 0.717) is 18.8 Å². The third-order valence-electron chi connectivity index (χ3n) is 6.02. The Bertz CT molecular complexity index is 1010. The summed E-state index contributed by atoms with van der Waals surface area (Å²) in [5.74, 6) is -2.46. The molecule has 30 heavy (non-hydrogen) atoms. The maximum Gasteiger partial charge on any atom is 0.274 e. The van der Waals surface area contributed by atoms with Crippen LogP contribution in [0.2, 0.25) is 5.02 Å². The number of amides is 3. The van der Waals surface area contributed by atoms with Crippen molar-refractivity contribution in [2.24, 2.45) is 17.8 Å². The van der Waals surface area contributed by atoms with Crippen molar-refractivity contribution in [3.05, 3.63) is 70.5 Å². The zero-order valence-electron chi connectivity index (χ0n) is 16.6. The smallest absolute Gasteiger partial charge is 0.272 e. The lowest BCUT2D eigenvalue weighted by atomic mass is 9.76. The first kappa shape index (κ1) is 20.5. The van der Waals surface area contributed by atoms with Crippen molar-refractivity contribution >= 4 is 29.3 Å². The minimum Gasteiger partial charge on any atom is -0.272 e. The molecule has 2 fully saturated rings. The van der Waals surface area contributed by atoms with Crippen molar-refractivity contribution in [2.45, 2.75) is 32.7 Å². The molecular formula is C23H22ClFN2O3. The van der Waals surface area contributed by atoms with Crippen molar-refractivity contribution in [3.8, 4) is 0 Å². The van der Waals surface area contributed by atoms with Gasteiger partial charge in [0.05, 0.1) is 29.0 Å². The molecule has 2 aromatic carbocycles. The molecule has 0 radical (unpaired) electrons. The molecule has 4 rings (SSSR count). The van der Waals surface area contributed by atoms with Crippen LogP contribution >= 0.6 is 11.6 Å². The van der Waals surface area contributed by atoms with Gasteiger partial charge in [-0.05, 0) is 43.4 Å². The molecule has 1 saturated carbocycles. The molecule has 3 amide bonds. The number of hydrogen-bond acceptors (Lipinski definition) is 3. The minimum atomic E-state index is -0.614. The summed E-state index contributed by atoms with van der Waals surface area (Å²) in [6, 6.07) is 12.4. The second kappa shape index (κ2) is 8.19. The quantitative estimate of drug-likeness (QED) is 0.675. The summed E-state index contributed by atoms with van der Waals surface area (Å²) < 4.78 is 14.4. The highest BCUT2D eigenvalue weighted by molar-refractivity contribution is 6.33. The SMILES string of the molecule is C[C@@H]1CC[C@@H]2C(=O)N(N(Cc3ccccc3F)C(=O)c3ccccc3Cl)C(=O)[C@@H]2C1. The number of hydrazine groups is 1. The molecule has 1 aliphatic carbocycles. The van der Waals surface area contributed by atoms with Crippen LogP contribution in [0.25, 0.3) is 0 Å². The van der Waals surface area contributed by atoms with E-state index in [4.69, 9.17) is 11.6 Å². The highest BCUT2D eigenvalue weighted by atomic mass is 35.5. The normalized spacial score (nSPS) is 23.4. The van der Waals surface area contributed by atoms with Gasteiger partial charge in [0.25, 0.3) is 17.7 Å². The minimum absolute atomic E-state index is 0.152. The van der Waals surface area contributed by atoms with Gasteiger partial charge in [-0.2, -0.15) is 5.01 Å². The molecule has 1 aliphatic heterocycles. The number of fused-ring (bicyclic) bond motifs is 1. The fourth-order valence-corrected chi connectivity index (χ4v) is 4.62. The van der Waals surface area contributed by atoms with E-state index in [1.165, 1.54) is 18.2 Å². The summed E-state index contributed by atoms with van der Waals surface area (Å²) in [5.41, 5.74) is 0.362. The molecule has 2 aromatic rings. The average Bonchev–Trinajstić information content (AvgIpc) is 2.97. The molecule has 2 aliphatic rings. The largest absolute Gasteiger partial charge is 0.274 e. The van der Waals surface area contributed by atoms with Crippen molar-refractivity contribution in [1.82, 2.24) is 10.0 Å². The monoisotopic (exact) mass is 428 g/mol. The third kappa shape index (κ3) is 3.60. The number of imide groups is 1. The Balaban J connectivity index is 1.74. The second-order valence-electron chi connectivity index (χ2n) is 8.05. The zero-order chi connectivity index (χ0) is 21.4. The fourth-order valence-electron chi connectivity index (χ4n) is 4.41. The molecule has 3 atom stereocenters. The van der Waals surface area contributed by atoms with Gasteiger partial charge in [0, 0.05) is 5.56 Å². The van der Waals surface area contributed by atoms with E-state index in [-0.39, 0.29) is 22.7 Å². The predicted octanol–water partition coefficient (Wildman–Crippen LogP) is 4.46. The molecule has 0 spiro atoms. The van der Waals surface area contributed by atoms with Crippen LogP contribution in [0.15, 0.2) is 48.5 Å². The fraction of sp³-hybridized carbons (Fsp3) is 0.348. The van der Waals surface area contributed by atoms with E-state index in [1.54, 1.807) is 30.3 Å². The lowest BCUT2D eigenvalue weighted by Gasteiger charge is -2.31. The Morgan fingerprint density at radius 2 is 1.73 bits per heavy atom. The topological polar surface area (TPSA) is 57.7 Å². The Morgan fingerprint density at radius 3 is 2.47 bits per heavy atom. The number of benzene rings is 2. The highest BCUT2D eigenvalue weighted by Gasteiger charge is 2.52. The van der Waals surface area contributed by atoms with Crippen LogP contribution in [0.5, 0.6) is 0 Å². The van der Waals surface area contributed by atoms with Crippen LogP contribution in [0, 0.1) is 23.6 Å². The lowest BCUT2D eigenvalue weighted by Crippen LogP contribution is -2.50. The summed E-state index contributed by atoms with van der Waals surface area (Å²) in [6.45, 7) is 1.81. The molecular weight excluding hydrogens is 407 g/mol. The van der Waals surface area contributed by atoms with Gasteiger partial charge in [0.15, 0.2) is 0 Å². The van der Waals surface area contributed by atoms with E-state index < -0.39 is 35.4 Å². The van der Waals surface area contributed by atoms with Gasteiger partial charge >= 0.3 is 0 Å². The van der Waals surface area contributed by atoms with Gasteiger partial charge in [0.1, 0.15) is 5.82 Å². The number of hydrogen-bond donors (Lipinski definition) is 0.